The minimum atomic E-state index is -0.412. The average molecular weight is 229 g/mol. The van der Waals surface area contributed by atoms with Crippen LogP contribution in [0.3, 0.4) is 0 Å². The Hall–Kier alpha value is -2.43. The number of rotatable bonds is 1. The Morgan fingerprint density at radius 1 is 1.29 bits per heavy atom. The second-order valence-corrected chi connectivity index (χ2v) is 3.45. The molecule has 0 aliphatic heterocycles. The number of carbonyl (C=O) groups excluding carboxylic acids is 1. The second-order valence-electron chi connectivity index (χ2n) is 3.45. The van der Waals surface area contributed by atoms with Crippen LogP contribution < -0.4 is 5.62 Å². The van der Waals surface area contributed by atoms with Gasteiger partial charge in [0.2, 0.25) is 5.91 Å². The van der Waals surface area contributed by atoms with E-state index in [1.165, 1.54) is 13.1 Å². The first-order valence-corrected chi connectivity index (χ1v) is 5.06. The van der Waals surface area contributed by atoms with Gasteiger partial charge in [-0.05, 0) is 6.07 Å². The van der Waals surface area contributed by atoms with Gasteiger partial charge in [0, 0.05) is 18.7 Å². The molecule has 1 heterocycles. The van der Waals surface area contributed by atoms with Crippen molar-refractivity contribution in [3.8, 4) is 11.3 Å². The SMILES string of the molecule is CC(=O)N=c1nc(-c2ccccc2)ccn1O. The number of aromatic nitrogens is 2. The van der Waals surface area contributed by atoms with E-state index in [0.717, 1.165) is 5.56 Å². The van der Waals surface area contributed by atoms with E-state index in [-0.39, 0.29) is 5.62 Å². The fourth-order valence-corrected chi connectivity index (χ4v) is 1.39. The van der Waals surface area contributed by atoms with Gasteiger partial charge < -0.3 is 5.21 Å². The molecule has 17 heavy (non-hydrogen) atoms. The Morgan fingerprint density at radius 3 is 2.65 bits per heavy atom. The van der Waals surface area contributed by atoms with Gasteiger partial charge in [0.15, 0.2) is 0 Å². The largest absolute Gasteiger partial charge is 0.425 e. The number of carbonyl (C=O) groups is 1. The fraction of sp³-hybridized carbons (Fsp3) is 0.0833. The van der Waals surface area contributed by atoms with Crippen LogP contribution in [-0.4, -0.2) is 20.8 Å². The molecule has 0 unspecified atom stereocenters. The number of hydrogen-bond donors (Lipinski definition) is 1. The van der Waals surface area contributed by atoms with Crippen LogP contribution in [0.1, 0.15) is 6.92 Å². The zero-order chi connectivity index (χ0) is 12.3. The summed E-state index contributed by atoms with van der Waals surface area (Å²) < 4.78 is 0.716. The molecule has 1 N–H and O–H groups in total. The topological polar surface area (TPSA) is 67.5 Å². The molecule has 0 saturated carbocycles. The Balaban J connectivity index is 2.56. The van der Waals surface area contributed by atoms with Crippen molar-refractivity contribution >= 4 is 5.91 Å². The van der Waals surface area contributed by atoms with Crippen LogP contribution in [0.5, 0.6) is 0 Å². The van der Waals surface area contributed by atoms with Crippen LogP contribution in [0.25, 0.3) is 11.3 Å². The first-order chi connectivity index (χ1) is 8.16. The van der Waals surface area contributed by atoms with Crippen molar-refractivity contribution in [1.29, 1.82) is 0 Å². The van der Waals surface area contributed by atoms with E-state index < -0.39 is 5.91 Å². The molecule has 0 spiro atoms. The van der Waals surface area contributed by atoms with Crippen molar-refractivity contribution in [3.05, 3.63) is 48.2 Å². The Kier molecular flexibility index (Phi) is 3.00. The van der Waals surface area contributed by atoms with Gasteiger partial charge in [-0.2, -0.15) is 9.72 Å². The van der Waals surface area contributed by atoms with Crippen LogP contribution in [0.15, 0.2) is 47.6 Å². The number of nitrogens with zero attached hydrogens (tertiary/aromatic N) is 3. The molecule has 1 aromatic carbocycles. The van der Waals surface area contributed by atoms with Gasteiger partial charge in [-0.3, -0.25) is 4.79 Å². The Labute approximate surface area is 97.7 Å². The zero-order valence-corrected chi connectivity index (χ0v) is 9.24. The first kappa shape index (κ1) is 11.1. The summed E-state index contributed by atoms with van der Waals surface area (Å²) in [6.45, 7) is 1.30. The molecule has 5 nitrogen and oxygen atoms in total. The predicted molar refractivity (Wildman–Crippen MR) is 61.1 cm³/mol. The summed E-state index contributed by atoms with van der Waals surface area (Å²) in [5.41, 5.74) is 1.52. The van der Waals surface area contributed by atoms with Gasteiger partial charge in [0.05, 0.1) is 5.69 Å². The van der Waals surface area contributed by atoms with Gasteiger partial charge in [-0.1, -0.05) is 30.3 Å². The zero-order valence-electron chi connectivity index (χ0n) is 9.24. The Morgan fingerprint density at radius 2 is 2.00 bits per heavy atom. The molecule has 0 aliphatic carbocycles. The predicted octanol–water partition coefficient (Wildman–Crippen LogP) is 1.23. The van der Waals surface area contributed by atoms with E-state index in [4.69, 9.17) is 0 Å². The van der Waals surface area contributed by atoms with E-state index >= 15 is 0 Å². The van der Waals surface area contributed by atoms with Gasteiger partial charge >= 0.3 is 0 Å². The number of amides is 1. The van der Waals surface area contributed by atoms with E-state index in [1.54, 1.807) is 6.07 Å². The van der Waals surface area contributed by atoms with E-state index in [0.29, 0.717) is 10.4 Å². The second kappa shape index (κ2) is 4.61. The third kappa shape index (κ3) is 2.57. The van der Waals surface area contributed by atoms with Crippen molar-refractivity contribution in [3.63, 3.8) is 0 Å². The highest BCUT2D eigenvalue weighted by Crippen LogP contribution is 2.13. The molecular formula is C12H11N3O2. The lowest BCUT2D eigenvalue weighted by Gasteiger charge is -2.02. The lowest BCUT2D eigenvalue weighted by Crippen LogP contribution is -2.23. The fourth-order valence-electron chi connectivity index (χ4n) is 1.39. The first-order valence-electron chi connectivity index (χ1n) is 5.06. The molecule has 2 rings (SSSR count). The molecule has 1 amide bonds. The summed E-state index contributed by atoms with van der Waals surface area (Å²) in [6.07, 6.45) is 1.40. The summed E-state index contributed by atoms with van der Waals surface area (Å²) in [4.78, 5) is 18.6. The van der Waals surface area contributed by atoms with Crippen molar-refractivity contribution in [2.45, 2.75) is 6.92 Å². The molecule has 0 radical (unpaired) electrons. The maximum atomic E-state index is 10.9. The molecule has 0 saturated heterocycles. The summed E-state index contributed by atoms with van der Waals surface area (Å²) >= 11 is 0. The van der Waals surface area contributed by atoms with Crippen molar-refractivity contribution in [2.75, 3.05) is 0 Å². The molecule has 86 valence electrons. The molecular weight excluding hydrogens is 218 g/mol. The molecule has 0 bridgehead atoms. The highest BCUT2D eigenvalue weighted by atomic mass is 16.5. The van der Waals surface area contributed by atoms with E-state index in [1.807, 2.05) is 30.3 Å². The monoisotopic (exact) mass is 229 g/mol. The molecule has 0 atom stereocenters. The maximum absolute atomic E-state index is 10.9. The van der Waals surface area contributed by atoms with Crippen LogP contribution in [0.2, 0.25) is 0 Å². The van der Waals surface area contributed by atoms with E-state index in [9.17, 15) is 10.0 Å². The van der Waals surface area contributed by atoms with Gasteiger partial charge in [0.25, 0.3) is 5.62 Å². The van der Waals surface area contributed by atoms with Gasteiger partial charge in [-0.25, -0.2) is 4.98 Å². The molecule has 2 aromatic rings. The summed E-state index contributed by atoms with van der Waals surface area (Å²) in [6, 6.07) is 11.1. The van der Waals surface area contributed by atoms with Crippen LogP contribution in [0, 0.1) is 0 Å². The molecule has 1 aromatic heterocycles. The third-order valence-corrected chi connectivity index (χ3v) is 2.13. The van der Waals surface area contributed by atoms with Gasteiger partial charge in [0.1, 0.15) is 0 Å². The van der Waals surface area contributed by atoms with Crippen LogP contribution in [0.4, 0.5) is 0 Å². The van der Waals surface area contributed by atoms with Crippen molar-refractivity contribution < 1.29 is 10.0 Å². The maximum Gasteiger partial charge on any atom is 0.266 e. The van der Waals surface area contributed by atoms with Crippen LogP contribution in [-0.2, 0) is 4.79 Å². The minimum Gasteiger partial charge on any atom is -0.425 e. The quantitative estimate of drug-likeness (QED) is 0.748. The summed E-state index contributed by atoms with van der Waals surface area (Å²) in [5.74, 6) is -0.412. The smallest absolute Gasteiger partial charge is 0.266 e. The normalized spacial score (nSPS) is 11.5. The van der Waals surface area contributed by atoms with E-state index in [2.05, 4.69) is 9.98 Å². The number of hydrogen-bond acceptors (Lipinski definition) is 3. The lowest BCUT2D eigenvalue weighted by atomic mass is 10.1. The highest BCUT2D eigenvalue weighted by molar-refractivity contribution is 5.73. The molecule has 5 heteroatoms. The number of benzene rings is 1. The van der Waals surface area contributed by atoms with Gasteiger partial charge in [-0.15, -0.1) is 0 Å². The summed E-state index contributed by atoms with van der Waals surface area (Å²) in [5, 5.41) is 9.44. The van der Waals surface area contributed by atoms with Crippen LogP contribution >= 0.6 is 0 Å². The lowest BCUT2D eigenvalue weighted by molar-refractivity contribution is -0.116. The Bertz CT molecular complexity index is 603. The highest BCUT2D eigenvalue weighted by Gasteiger charge is 2.01. The van der Waals surface area contributed by atoms with Crippen molar-refractivity contribution in [2.24, 2.45) is 4.99 Å². The summed E-state index contributed by atoms with van der Waals surface area (Å²) in [7, 11) is 0. The molecule has 0 aliphatic rings. The average Bonchev–Trinajstić information content (AvgIpc) is 2.32. The standard InChI is InChI=1S/C12H11N3O2/c1-9(16)13-12-14-11(7-8-15(12)17)10-5-3-2-4-6-10/h2-8,17H,1H3. The van der Waals surface area contributed by atoms with Crippen molar-refractivity contribution in [1.82, 2.24) is 9.71 Å². The third-order valence-electron chi connectivity index (χ3n) is 2.13. The minimum absolute atomic E-state index is 0.0288. The molecule has 0 fully saturated rings.